The highest BCUT2D eigenvalue weighted by Gasteiger charge is 2.30. The monoisotopic (exact) mass is 1120 g/mol. The Morgan fingerprint density at radius 2 is 1.27 bits per heavy atom. The van der Waals surface area contributed by atoms with Gasteiger partial charge in [-0.3, -0.25) is 43.2 Å². The largest absolute Gasteiger partial charge is 0.480 e. The first-order chi connectivity index (χ1) is 37.5. The van der Waals surface area contributed by atoms with E-state index in [1.807, 2.05) is 6.92 Å². The number of allylic oxidation sites excluding steroid dienone is 3. The van der Waals surface area contributed by atoms with E-state index in [2.05, 4.69) is 46.5 Å². The van der Waals surface area contributed by atoms with Crippen molar-refractivity contribution in [3.8, 4) is 0 Å². The van der Waals surface area contributed by atoms with Crippen LogP contribution in [0.2, 0.25) is 0 Å². The number of carbonyl (C=O) groups excluding carboxylic acids is 9. The maximum Gasteiger partial charge on any atom is 0.333 e. The molecule has 1 aromatic carbocycles. The molecule has 0 unspecified atom stereocenters. The van der Waals surface area contributed by atoms with Gasteiger partial charge in [-0.2, -0.15) is 0 Å². The first-order valence-electron chi connectivity index (χ1n) is 27.0. The number of carbonyl (C=O) groups is 10. The van der Waals surface area contributed by atoms with Crippen LogP contribution in [0.5, 0.6) is 0 Å². The van der Waals surface area contributed by atoms with Crippen molar-refractivity contribution in [3.63, 3.8) is 0 Å². The molecule has 0 aliphatic rings. The maximum atomic E-state index is 13.8. The van der Waals surface area contributed by atoms with Gasteiger partial charge in [0, 0.05) is 50.3 Å². The van der Waals surface area contributed by atoms with Gasteiger partial charge in [-0.1, -0.05) is 57.0 Å². The second-order valence-corrected chi connectivity index (χ2v) is 19.5. The molecule has 23 heteroatoms. The quantitative estimate of drug-likeness (QED) is 0.0180. The van der Waals surface area contributed by atoms with E-state index < -0.39 is 79.3 Å². The Kier molecular flexibility index (Phi) is 36.2. The summed E-state index contributed by atoms with van der Waals surface area (Å²) in [5, 5.41) is 22.3. The molecule has 0 aliphatic heterocycles. The lowest BCUT2D eigenvalue weighted by Crippen LogP contribution is -2.55. The lowest BCUT2D eigenvalue weighted by Gasteiger charge is -2.27. The number of rotatable bonds is 42. The summed E-state index contributed by atoms with van der Waals surface area (Å²) < 4.78 is 27.2. The lowest BCUT2D eigenvalue weighted by molar-refractivity contribution is -0.146. The Morgan fingerprint density at radius 3 is 1.85 bits per heavy atom. The van der Waals surface area contributed by atoms with E-state index in [0.717, 1.165) is 22.6 Å². The Balaban J connectivity index is 2.60. The van der Waals surface area contributed by atoms with Crippen LogP contribution < -0.4 is 26.6 Å². The number of aliphatic carboxylic acids is 1. The van der Waals surface area contributed by atoms with Gasteiger partial charge in [-0.25, -0.2) is 4.79 Å². The smallest absolute Gasteiger partial charge is 0.333 e. The molecular weight excluding hydrogens is 1030 g/mol. The van der Waals surface area contributed by atoms with Crippen molar-refractivity contribution in [2.45, 2.75) is 125 Å². The predicted octanol–water partition coefficient (Wildman–Crippen LogP) is 3.15. The van der Waals surface area contributed by atoms with Crippen molar-refractivity contribution < 1.29 is 76.7 Å². The van der Waals surface area contributed by atoms with Crippen LogP contribution >= 0.6 is 0 Å². The molecule has 79 heavy (non-hydrogen) atoms. The van der Waals surface area contributed by atoms with Crippen LogP contribution in [0.15, 0.2) is 47.6 Å². The third-order valence-corrected chi connectivity index (χ3v) is 12.6. The highest BCUT2D eigenvalue weighted by Crippen LogP contribution is 2.17. The fraction of sp³-hybridized carbons (Fsp3) is 0.643. The number of carboxylic acids is 1. The highest BCUT2D eigenvalue weighted by molar-refractivity contribution is 5.98. The third kappa shape index (κ3) is 31.6. The van der Waals surface area contributed by atoms with Crippen LogP contribution in [0.4, 0.5) is 0 Å². The zero-order valence-corrected chi connectivity index (χ0v) is 48.2. The number of ether oxygens (including phenoxy) is 5. The number of nitrogens with zero attached hydrogens (tertiary/aromatic N) is 2. The molecule has 0 heterocycles. The Labute approximate surface area is 466 Å². The maximum absolute atomic E-state index is 13.8. The first kappa shape index (κ1) is 70.5. The summed E-state index contributed by atoms with van der Waals surface area (Å²) in [5.74, 6) is -5.88. The number of esters is 1. The summed E-state index contributed by atoms with van der Waals surface area (Å²) in [6.45, 7) is 15.4. The van der Waals surface area contributed by atoms with E-state index in [4.69, 9.17) is 23.7 Å². The van der Waals surface area contributed by atoms with E-state index in [-0.39, 0.29) is 56.1 Å². The number of benzene rings is 1. The van der Waals surface area contributed by atoms with Crippen molar-refractivity contribution in [2.75, 3.05) is 99.7 Å². The Morgan fingerprint density at radius 1 is 0.671 bits per heavy atom. The molecule has 23 nitrogen and oxygen atoms in total. The number of ketones is 1. The van der Waals surface area contributed by atoms with Crippen LogP contribution in [0, 0.1) is 11.8 Å². The molecule has 0 spiro atoms. The van der Waals surface area contributed by atoms with Gasteiger partial charge in [0.25, 0.3) is 11.8 Å². The van der Waals surface area contributed by atoms with E-state index >= 15 is 0 Å². The van der Waals surface area contributed by atoms with Crippen LogP contribution in [-0.2, 0) is 62.0 Å². The number of amides is 7. The molecule has 0 bridgehead atoms. The second-order valence-electron chi connectivity index (χ2n) is 19.5. The number of unbranched alkanes of at least 4 members (excludes halogenated alkanes) is 1. The van der Waals surface area contributed by atoms with Gasteiger partial charge in [-0.15, -0.1) is 0 Å². The minimum Gasteiger partial charge on any atom is -0.480 e. The highest BCUT2D eigenvalue weighted by atomic mass is 16.6. The molecule has 444 valence electrons. The van der Waals surface area contributed by atoms with Gasteiger partial charge in [-0.05, 0) is 97.1 Å². The minimum atomic E-state index is -1.25. The molecule has 0 saturated carbocycles. The first-order valence-corrected chi connectivity index (χ1v) is 27.0. The van der Waals surface area contributed by atoms with Gasteiger partial charge in [0.2, 0.25) is 29.5 Å². The molecule has 1 rings (SSSR count). The summed E-state index contributed by atoms with van der Waals surface area (Å²) in [7, 11) is 2.69. The second kappa shape index (κ2) is 40.6. The summed E-state index contributed by atoms with van der Waals surface area (Å²) in [4.78, 5) is 128. The van der Waals surface area contributed by atoms with Gasteiger partial charge in [0.15, 0.2) is 12.4 Å². The normalized spacial score (nSPS) is 13.4. The molecule has 0 aliphatic carbocycles. The fourth-order valence-corrected chi connectivity index (χ4v) is 7.34. The van der Waals surface area contributed by atoms with Gasteiger partial charge < -0.3 is 65.2 Å². The SMILES string of the molecule is C/C=C(\C)C[C@@H](C)CC/C=C(\C)C(=O)OCC(=O)N[C@@H](CCCCNC(=O)CCOCCOCCOCCOCCNC(=O)c1ccc(C(C)=O)cc1)C(=O)N(C)CC(=O)N(C)CC(=O)N[C@H](C(=O)N[C@H](C)C(=O)O)[C@H](C)CC. The Hall–Kier alpha value is -6.56. The topological polar surface area (TPSA) is 304 Å². The molecule has 0 saturated heterocycles. The van der Waals surface area contributed by atoms with Crippen LogP contribution in [0.25, 0.3) is 0 Å². The standard InChI is InChI=1S/C56H89N7O16/c1-11-38(3)34-39(4)16-15-17-41(6)56(74)79-37-49(67)60-46(54(71)63(10)36-50(68)62(9)35-48(66)61-51(40(5)12-2)53(70)59-42(7)55(72)73)18-13-14-24-57-47(65)23-26-75-28-30-77-32-33-78-31-29-76-27-25-58-52(69)45-21-19-44(20-22-45)43(8)64/h11,17,19-22,39-40,42,46,51H,12-16,18,23-37H2,1-10H3,(H,57,65)(H,58,69)(H,59,70)(H,60,67)(H,61,66)(H,72,73)/b38-11+,41-17+/t39-,40+,42+,46-,51-/m0/s1. The van der Waals surface area contributed by atoms with E-state index in [1.54, 1.807) is 51.1 Å². The number of hydrogen-bond donors (Lipinski definition) is 6. The third-order valence-electron chi connectivity index (χ3n) is 12.6. The average molecular weight is 1120 g/mol. The summed E-state index contributed by atoms with van der Waals surface area (Å²) in [5.41, 5.74) is 2.61. The molecule has 0 fully saturated rings. The molecule has 7 amide bonds. The van der Waals surface area contributed by atoms with Crippen molar-refractivity contribution in [2.24, 2.45) is 11.8 Å². The summed E-state index contributed by atoms with van der Waals surface area (Å²) in [6.07, 6.45) is 7.73. The van der Waals surface area contributed by atoms with Crippen molar-refractivity contribution >= 4 is 59.1 Å². The lowest BCUT2D eigenvalue weighted by atomic mass is 9.97. The van der Waals surface area contributed by atoms with Crippen LogP contribution in [-0.4, -0.2) is 192 Å². The van der Waals surface area contributed by atoms with E-state index in [0.29, 0.717) is 94.5 Å². The van der Waals surface area contributed by atoms with Gasteiger partial charge in [0.1, 0.15) is 18.1 Å². The minimum absolute atomic E-state index is 0.0720. The molecule has 5 atom stereocenters. The van der Waals surface area contributed by atoms with Gasteiger partial charge in [0.05, 0.1) is 65.9 Å². The number of hydrogen-bond acceptors (Lipinski definition) is 15. The Bertz CT molecular complexity index is 2170. The molecule has 0 aromatic heterocycles. The molecule has 1 aromatic rings. The zero-order chi connectivity index (χ0) is 59.3. The predicted molar refractivity (Wildman–Crippen MR) is 295 cm³/mol. The number of carboxylic acid groups (broad SMARTS) is 1. The van der Waals surface area contributed by atoms with Crippen LogP contribution in [0.3, 0.4) is 0 Å². The zero-order valence-electron chi connectivity index (χ0n) is 48.2. The average Bonchev–Trinajstić information content (AvgIpc) is 3.41. The fourth-order valence-electron chi connectivity index (χ4n) is 7.34. The number of nitrogens with one attached hydrogen (secondary N) is 5. The number of Topliss-reactive ketones (excluding diaryl/α,β-unsaturated/α-hetero) is 1. The molecular formula is C56H89N7O16. The number of likely N-dealkylation sites (N-methyl/N-ethyl adjacent to an activating group) is 2. The summed E-state index contributed by atoms with van der Waals surface area (Å²) >= 11 is 0. The van der Waals surface area contributed by atoms with E-state index in [9.17, 15) is 53.1 Å². The molecule has 0 radical (unpaired) electrons. The van der Waals surface area contributed by atoms with Crippen LogP contribution in [0.1, 0.15) is 127 Å². The summed E-state index contributed by atoms with van der Waals surface area (Å²) in [6, 6.07) is 2.98. The van der Waals surface area contributed by atoms with E-state index in [1.165, 1.54) is 33.5 Å². The van der Waals surface area contributed by atoms with Crippen molar-refractivity contribution in [3.05, 3.63) is 58.7 Å². The van der Waals surface area contributed by atoms with Crippen molar-refractivity contribution in [1.29, 1.82) is 0 Å². The van der Waals surface area contributed by atoms with Gasteiger partial charge >= 0.3 is 11.9 Å². The molecule has 6 N–H and O–H groups in total. The van der Waals surface area contributed by atoms with Crippen molar-refractivity contribution in [1.82, 2.24) is 36.4 Å².